The van der Waals surface area contributed by atoms with Crippen molar-refractivity contribution in [2.24, 2.45) is 0 Å². The minimum atomic E-state index is 0.702. The molecule has 4 heteroatoms. The molecule has 3 rings (SSSR count). The summed E-state index contributed by atoms with van der Waals surface area (Å²) in [4.78, 5) is 8.59. The number of hydrogen-bond donors (Lipinski definition) is 0. The van der Waals surface area contributed by atoms with E-state index in [1.165, 1.54) is 0 Å². The largest absolute Gasteiger partial charge is 0.497 e. The van der Waals surface area contributed by atoms with Gasteiger partial charge >= 0.3 is 0 Å². The third-order valence-corrected chi connectivity index (χ3v) is 2.79. The molecule has 3 aromatic rings. The van der Waals surface area contributed by atoms with Gasteiger partial charge in [0.25, 0.3) is 0 Å². The molecule has 2 aromatic heterocycles. The van der Waals surface area contributed by atoms with Crippen LogP contribution in [0.1, 0.15) is 11.3 Å². The molecule has 0 fully saturated rings. The third kappa shape index (κ3) is 2.47. The molecule has 1 aromatic carbocycles. The molecule has 0 saturated heterocycles. The lowest BCUT2D eigenvalue weighted by Gasteiger charge is -1.99. The lowest BCUT2D eigenvalue weighted by atomic mass is 10.2. The van der Waals surface area contributed by atoms with Gasteiger partial charge in [0.2, 0.25) is 5.78 Å². The van der Waals surface area contributed by atoms with E-state index in [1.807, 2.05) is 59.3 Å². The SMILES string of the molecule is COc1cccc(/C=C/c2cn3cccnc3n2)c1. The summed E-state index contributed by atoms with van der Waals surface area (Å²) < 4.78 is 7.09. The Kier molecular flexibility index (Phi) is 2.98. The Labute approximate surface area is 111 Å². The van der Waals surface area contributed by atoms with Crippen molar-refractivity contribution in [1.82, 2.24) is 14.4 Å². The minimum Gasteiger partial charge on any atom is -0.497 e. The predicted octanol–water partition coefficient (Wildman–Crippen LogP) is 2.91. The molecule has 19 heavy (non-hydrogen) atoms. The van der Waals surface area contributed by atoms with Crippen LogP contribution in [0.5, 0.6) is 5.75 Å². The summed E-state index contributed by atoms with van der Waals surface area (Å²) >= 11 is 0. The van der Waals surface area contributed by atoms with Crippen LogP contribution in [0.4, 0.5) is 0 Å². The molecule has 94 valence electrons. The second-order valence-corrected chi connectivity index (χ2v) is 4.10. The van der Waals surface area contributed by atoms with E-state index in [-0.39, 0.29) is 0 Å². The molecular weight excluding hydrogens is 238 g/mol. The summed E-state index contributed by atoms with van der Waals surface area (Å²) in [5.74, 6) is 1.55. The van der Waals surface area contributed by atoms with Crippen LogP contribution in [0.3, 0.4) is 0 Å². The van der Waals surface area contributed by atoms with Crippen molar-refractivity contribution in [2.75, 3.05) is 7.11 Å². The van der Waals surface area contributed by atoms with Crippen LogP contribution in [0.15, 0.2) is 48.9 Å². The molecule has 0 atom stereocenters. The van der Waals surface area contributed by atoms with Gasteiger partial charge < -0.3 is 4.74 Å². The highest BCUT2D eigenvalue weighted by Crippen LogP contribution is 2.15. The lowest BCUT2D eigenvalue weighted by molar-refractivity contribution is 0.414. The fourth-order valence-corrected chi connectivity index (χ4v) is 1.86. The molecule has 0 aliphatic heterocycles. The fraction of sp³-hybridized carbons (Fsp3) is 0.0667. The van der Waals surface area contributed by atoms with E-state index < -0.39 is 0 Å². The van der Waals surface area contributed by atoms with E-state index >= 15 is 0 Å². The van der Waals surface area contributed by atoms with Crippen molar-refractivity contribution in [3.8, 4) is 5.75 Å². The second kappa shape index (κ2) is 4.94. The maximum atomic E-state index is 5.19. The molecule has 0 unspecified atom stereocenters. The summed E-state index contributed by atoms with van der Waals surface area (Å²) in [5, 5.41) is 0. The van der Waals surface area contributed by atoms with E-state index in [4.69, 9.17) is 4.74 Å². The normalized spacial score (nSPS) is 11.2. The number of ether oxygens (including phenoxy) is 1. The van der Waals surface area contributed by atoms with E-state index in [1.54, 1.807) is 13.3 Å². The van der Waals surface area contributed by atoms with Crippen LogP contribution in [-0.4, -0.2) is 21.5 Å². The molecule has 0 N–H and O–H groups in total. The number of methoxy groups -OCH3 is 1. The van der Waals surface area contributed by atoms with Gasteiger partial charge in [0.1, 0.15) is 5.75 Å². The van der Waals surface area contributed by atoms with Crippen molar-refractivity contribution in [1.29, 1.82) is 0 Å². The van der Waals surface area contributed by atoms with Crippen molar-refractivity contribution in [3.05, 3.63) is 60.2 Å². The zero-order chi connectivity index (χ0) is 13.1. The first-order valence-corrected chi connectivity index (χ1v) is 5.97. The number of aromatic nitrogens is 3. The van der Waals surface area contributed by atoms with Crippen molar-refractivity contribution in [3.63, 3.8) is 0 Å². The van der Waals surface area contributed by atoms with Crippen LogP contribution < -0.4 is 4.74 Å². The fourth-order valence-electron chi connectivity index (χ4n) is 1.86. The Bertz CT molecular complexity index is 698. The quantitative estimate of drug-likeness (QED) is 0.718. The van der Waals surface area contributed by atoms with Gasteiger partial charge in [0.15, 0.2) is 0 Å². The van der Waals surface area contributed by atoms with Crippen molar-refractivity contribution < 1.29 is 4.74 Å². The minimum absolute atomic E-state index is 0.702. The summed E-state index contributed by atoms with van der Waals surface area (Å²) in [5.41, 5.74) is 1.95. The van der Waals surface area contributed by atoms with E-state index in [0.717, 1.165) is 17.0 Å². The molecular formula is C15H13N3O. The number of nitrogens with zero attached hydrogens (tertiary/aromatic N) is 3. The molecule has 0 radical (unpaired) electrons. The van der Waals surface area contributed by atoms with Gasteiger partial charge in [0, 0.05) is 18.6 Å². The van der Waals surface area contributed by atoms with Gasteiger partial charge in [-0.25, -0.2) is 9.97 Å². The van der Waals surface area contributed by atoms with Crippen LogP contribution in [0, 0.1) is 0 Å². The average molecular weight is 251 g/mol. The first-order chi connectivity index (χ1) is 9.35. The zero-order valence-corrected chi connectivity index (χ0v) is 10.5. The number of benzene rings is 1. The number of rotatable bonds is 3. The Morgan fingerprint density at radius 3 is 3.00 bits per heavy atom. The standard InChI is InChI=1S/C15H13N3O/c1-19-14-5-2-4-12(10-14)6-7-13-11-18-9-3-8-16-15(18)17-13/h2-11H,1H3/b7-6+. The van der Waals surface area contributed by atoms with Crippen molar-refractivity contribution in [2.45, 2.75) is 0 Å². The van der Waals surface area contributed by atoms with Gasteiger partial charge in [-0.3, -0.25) is 4.40 Å². The van der Waals surface area contributed by atoms with Gasteiger partial charge in [0.05, 0.1) is 12.8 Å². The molecule has 0 bridgehead atoms. The highest BCUT2D eigenvalue weighted by atomic mass is 16.5. The molecule has 2 heterocycles. The van der Waals surface area contributed by atoms with E-state index in [0.29, 0.717) is 5.78 Å². The maximum Gasteiger partial charge on any atom is 0.234 e. The monoisotopic (exact) mass is 251 g/mol. The van der Waals surface area contributed by atoms with Crippen LogP contribution in [-0.2, 0) is 0 Å². The Morgan fingerprint density at radius 1 is 1.21 bits per heavy atom. The predicted molar refractivity (Wildman–Crippen MR) is 74.9 cm³/mol. The second-order valence-electron chi connectivity index (χ2n) is 4.10. The summed E-state index contributed by atoms with van der Waals surface area (Å²) in [6.45, 7) is 0. The first kappa shape index (κ1) is 11.5. The molecule has 0 aliphatic rings. The highest BCUT2D eigenvalue weighted by Gasteiger charge is 1.98. The van der Waals surface area contributed by atoms with Gasteiger partial charge in [-0.05, 0) is 29.8 Å². The molecule has 0 aliphatic carbocycles. The summed E-state index contributed by atoms with van der Waals surface area (Å²) in [7, 11) is 1.66. The average Bonchev–Trinajstić information content (AvgIpc) is 2.88. The lowest BCUT2D eigenvalue weighted by Crippen LogP contribution is -1.82. The zero-order valence-electron chi connectivity index (χ0n) is 10.5. The molecule has 0 saturated carbocycles. The van der Waals surface area contributed by atoms with E-state index in [2.05, 4.69) is 9.97 Å². The van der Waals surface area contributed by atoms with Crippen LogP contribution >= 0.6 is 0 Å². The topological polar surface area (TPSA) is 39.4 Å². The molecule has 4 nitrogen and oxygen atoms in total. The summed E-state index contributed by atoms with van der Waals surface area (Å²) in [6.07, 6.45) is 9.57. The number of fused-ring (bicyclic) bond motifs is 1. The summed E-state index contributed by atoms with van der Waals surface area (Å²) in [6, 6.07) is 9.76. The molecule has 0 spiro atoms. The van der Waals surface area contributed by atoms with Gasteiger partial charge in [-0.1, -0.05) is 18.2 Å². The first-order valence-electron chi connectivity index (χ1n) is 5.97. The third-order valence-electron chi connectivity index (χ3n) is 2.79. The van der Waals surface area contributed by atoms with Crippen LogP contribution in [0.25, 0.3) is 17.9 Å². The van der Waals surface area contributed by atoms with E-state index in [9.17, 15) is 0 Å². The van der Waals surface area contributed by atoms with Crippen molar-refractivity contribution >= 4 is 17.9 Å². The maximum absolute atomic E-state index is 5.19. The Balaban J connectivity index is 1.88. The Morgan fingerprint density at radius 2 is 2.16 bits per heavy atom. The highest BCUT2D eigenvalue weighted by molar-refractivity contribution is 5.69. The Hall–Kier alpha value is -2.62. The van der Waals surface area contributed by atoms with Gasteiger partial charge in [-0.15, -0.1) is 0 Å². The number of imidazole rings is 1. The smallest absolute Gasteiger partial charge is 0.234 e. The van der Waals surface area contributed by atoms with Crippen LogP contribution in [0.2, 0.25) is 0 Å². The molecule has 0 amide bonds. The van der Waals surface area contributed by atoms with Gasteiger partial charge in [-0.2, -0.15) is 0 Å². The number of hydrogen-bond acceptors (Lipinski definition) is 3.